The van der Waals surface area contributed by atoms with E-state index in [1.165, 1.54) is 0 Å². The Morgan fingerprint density at radius 1 is 1.29 bits per heavy atom. The number of rotatable bonds is 6. The van der Waals surface area contributed by atoms with E-state index in [9.17, 15) is 9.59 Å². The van der Waals surface area contributed by atoms with Gasteiger partial charge in [0.2, 0.25) is 11.8 Å². The molecule has 1 atom stereocenters. The molecule has 2 N–H and O–H groups in total. The summed E-state index contributed by atoms with van der Waals surface area (Å²) in [5.74, 6) is 0.445. The highest BCUT2D eigenvalue weighted by atomic mass is 16.3. The lowest BCUT2D eigenvalue weighted by Gasteiger charge is -2.12. The van der Waals surface area contributed by atoms with Crippen molar-refractivity contribution in [1.29, 1.82) is 0 Å². The van der Waals surface area contributed by atoms with Gasteiger partial charge < -0.3 is 15.1 Å². The molecule has 2 aromatic rings. The minimum Gasteiger partial charge on any atom is -0.461 e. The molecule has 0 radical (unpaired) electrons. The Morgan fingerprint density at radius 2 is 2.05 bits per heavy atom. The molecule has 0 saturated heterocycles. The highest BCUT2D eigenvalue weighted by Crippen LogP contribution is 2.19. The van der Waals surface area contributed by atoms with E-state index in [1.54, 1.807) is 6.92 Å². The number of carbonyl (C=O) groups excluding carboxylic acids is 2. The van der Waals surface area contributed by atoms with Crippen molar-refractivity contribution in [3.63, 3.8) is 0 Å². The molecule has 1 aromatic heterocycles. The molecule has 5 heteroatoms. The van der Waals surface area contributed by atoms with Crippen LogP contribution in [0.4, 0.5) is 0 Å². The first kappa shape index (κ1) is 15.1. The highest BCUT2D eigenvalue weighted by molar-refractivity contribution is 5.87. The number of hydrogen-bond donors (Lipinski definition) is 2. The van der Waals surface area contributed by atoms with Crippen LogP contribution in [-0.2, 0) is 16.0 Å². The number of furan rings is 1. The molecule has 0 unspecified atom stereocenters. The lowest BCUT2D eigenvalue weighted by Crippen LogP contribution is -2.44. The lowest BCUT2D eigenvalue weighted by molar-refractivity contribution is -0.128. The van der Waals surface area contributed by atoms with E-state index >= 15 is 0 Å². The van der Waals surface area contributed by atoms with Gasteiger partial charge in [-0.05, 0) is 26.0 Å². The summed E-state index contributed by atoms with van der Waals surface area (Å²) >= 11 is 0. The Bertz CT molecular complexity index is 600. The quantitative estimate of drug-likeness (QED) is 0.854. The monoisotopic (exact) mass is 288 g/mol. The number of benzene rings is 1. The molecule has 1 aromatic carbocycles. The number of amides is 2. The van der Waals surface area contributed by atoms with Crippen molar-refractivity contribution in [2.75, 3.05) is 6.54 Å². The average molecular weight is 288 g/mol. The summed E-state index contributed by atoms with van der Waals surface area (Å²) in [5, 5.41) is 6.38. The Hall–Kier alpha value is -2.30. The highest BCUT2D eigenvalue weighted by Gasteiger charge is 2.15. The summed E-state index contributed by atoms with van der Waals surface area (Å²) in [6.45, 7) is 4.07. The fourth-order valence-corrected chi connectivity index (χ4v) is 2.10. The molecule has 0 bridgehead atoms. The molecule has 2 amide bonds. The fourth-order valence-electron chi connectivity index (χ4n) is 2.10. The summed E-state index contributed by atoms with van der Waals surface area (Å²) < 4.78 is 5.65. The van der Waals surface area contributed by atoms with Crippen LogP contribution in [0.15, 0.2) is 34.7 Å². The van der Waals surface area contributed by atoms with Crippen molar-refractivity contribution in [1.82, 2.24) is 10.6 Å². The minimum atomic E-state index is -0.520. The first-order valence-electron chi connectivity index (χ1n) is 7.14. The van der Waals surface area contributed by atoms with Gasteiger partial charge in [0.05, 0.1) is 0 Å². The van der Waals surface area contributed by atoms with Crippen LogP contribution in [-0.4, -0.2) is 24.4 Å². The molecule has 5 nitrogen and oxygen atoms in total. The second kappa shape index (κ2) is 6.92. The third kappa shape index (κ3) is 4.08. The van der Waals surface area contributed by atoms with Gasteiger partial charge in [-0.3, -0.25) is 9.59 Å². The number of para-hydroxylation sites is 1. The predicted molar refractivity (Wildman–Crippen MR) is 80.8 cm³/mol. The van der Waals surface area contributed by atoms with E-state index < -0.39 is 6.04 Å². The maximum absolute atomic E-state index is 11.8. The van der Waals surface area contributed by atoms with E-state index in [4.69, 9.17) is 4.42 Å². The maximum atomic E-state index is 11.8. The second-order valence-corrected chi connectivity index (χ2v) is 4.93. The van der Waals surface area contributed by atoms with Gasteiger partial charge in [0.1, 0.15) is 17.4 Å². The number of likely N-dealkylation sites (N-methyl/N-ethyl adjacent to an activating group) is 1. The summed E-state index contributed by atoms with van der Waals surface area (Å²) in [6, 6.07) is 9.15. The molecule has 0 aliphatic rings. The first-order chi connectivity index (χ1) is 10.1. The van der Waals surface area contributed by atoms with E-state index in [2.05, 4.69) is 10.6 Å². The van der Waals surface area contributed by atoms with Crippen molar-refractivity contribution in [2.45, 2.75) is 32.7 Å². The second-order valence-electron chi connectivity index (χ2n) is 4.93. The van der Waals surface area contributed by atoms with E-state index in [0.717, 1.165) is 16.7 Å². The van der Waals surface area contributed by atoms with Crippen LogP contribution in [0.2, 0.25) is 0 Å². The van der Waals surface area contributed by atoms with Crippen LogP contribution in [0, 0.1) is 0 Å². The van der Waals surface area contributed by atoms with Crippen LogP contribution < -0.4 is 10.6 Å². The van der Waals surface area contributed by atoms with Crippen molar-refractivity contribution in [3.8, 4) is 0 Å². The molecular weight excluding hydrogens is 268 g/mol. The summed E-state index contributed by atoms with van der Waals surface area (Å²) in [4.78, 5) is 23.3. The number of fused-ring (bicyclic) bond motifs is 1. The van der Waals surface area contributed by atoms with Crippen molar-refractivity contribution in [2.24, 2.45) is 0 Å². The van der Waals surface area contributed by atoms with Crippen molar-refractivity contribution < 1.29 is 14.0 Å². The Balaban J connectivity index is 1.84. The van der Waals surface area contributed by atoms with Gasteiger partial charge in [0, 0.05) is 24.8 Å². The minimum absolute atomic E-state index is 0.158. The number of aryl methyl sites for hydroxylation is 1. The van der Waals surface area contributed by atoms with Gasteiger partial charge in [0.25, 0.3) is 0 Å². The molecule has 112 valence electrons. The van der Waals surface area contributed by atoms with Gasteiger partial charge >= 0.3 is 0 Å². The van der Waals surface area contributed by atoms with Crippen molar-refractivity contribution in [3.05, 3.63) is 36.1 Å². The van der Waals surface area contributed by atoms with E-state index in [-0.39, 0.29) is 11.8 Å². The maximum Gasteiger partial charge on any atom is 0.242 e. The summed E-state index contributed by atoms with van der Waals surface area (Å²) in [7, 11) is 0. The average Bonchev–Trinajstić information content (AvgIpc) is 2.88. The van der Waals surface area contributed by atoms with Gasteiger partial charge in [-0.25, -0.2) is 0 Å². The van der Waals surface area contributed by atoms with Crippen LogP contribution in [0.3, 0.4) is 0 Å². The van der Waals surface area contributed by atoms with Gasteiger partial charge in [-0.1, -0.05) is 18.2 Å². The zero-order valence-electron chi connectivity index (χ0n) is 12.3. The Kier molecular flexibility index (Phi) is 4.98. The molecule has 0 aliphatic heterocycles. The van der Waals surface area contributed by atoms with Crippen LogP contribution >= 0.6 is 0 Å². The standard InChI is InChI=1S/C16H20N2O3/c1-3-17-16(20)11(2)18-15(19)9-8-13-10-12-6-4-5-7-14(12)21-13/h4-7,10-11H,3,8-9H2,1-2H3,(H,17,20)(H,18,19)/t11-/m1/s1. The van der Waals surface area contributed by atoms with E-state index in [1.807, 2.05) is 37.3 Å². The third-order valence-electron chi connectivity index (χ3n) is 3.20. The Labute approximate surface area is 123 Å². The predicted octanol–water partition coefficient (Wildman–Crippen LogP) is 2.01. The molecule has 0 saturated carbocycles. The normalized spacial score (nSPS) is 12.1. The number of hydrogen-bond acceptors (Lipinski definition) is 3. The molecular formula is C16H20N2O3. The topological polar surface area (TPSA) is 71.3 Å². The van der Waals surface area contributed by atoms with E-state index in [0.29, 0.717) is 19.4 Å². The summed E-state index contributed by atoms with van der Waals surface area (Å²) in [6.07, 6.45) is 0.812. The third-order valence-corrected chi connectivity index (χ3v) is 3.20. The molecule has 21 heavy (non-hydrogen) atoms. The lowest BCUT2D eigenvalue weighted by atomic mass is 10.2. The summed E-state index contributed by atoms with van der Waals surface area (Å²) in [5.41, 5.74) is 0.823. The number of nitrogens with one attached hydrogen (secondary N) is 2. The van der Waals surface area contributed by atoms with Gasteiger partial charge in [0.15, 0.2) is 0 Å². The zero-order valence-corrected chi connectivity index (χ0v) is 12.3. The van der Waals surface area contributed by atoms with Crippen LogP contribution in [0.5, 0.6) is 0 Å². The van der Waals surface area contributed by atoms with Crippen LogP contribution in [0.25, 0.3) is 11.0 Å². The fraction of sp³-hybridized carbons (Fsp3) is 0.375. The molecule has 0 fully saturated rings. The Morgan fingerprint density at radius 3 is 2.76 bits per heavy atom. The number of carbonyl (C=O) groups is 2. The molecule has 1 heterocycles. The van der Waals surface area contributed by atoms with Crippen molar-refractivity contribution >= 4 is 22.8 Å². The first-order valence-corrected chi connectivity index (χ1v) is 7.14. The smallest absolute Gasteiger partial charge is 0.242 e. The largest absolute Gasteiger partial charge is 0.461 e. The van der Waals surface area contributed by atoms with Gasteiger partial charge in [-0.15, -0.1) is 0 Å². The van der Waals surface area contributed by atoms with Crippen LogP contribution in [0.1, 0.15) is 26.0 Å². The molecule has 0 spiro atoms. The van der Waals surface area contributed by atoms with Gasteiger partial charge in [-0.2, -0.15) is 0 Å². The molecule has 0 aliphatic carbocycles. The molecule has 2 rings (SSSR count). The SMILES string of the molecule is CCNC(=O)[C@@H](C)NC(=O)CCc1cc2ccccc2o1. The zero-order chi connectivity index (χ0) is 15.2.